The van der Waals surface area contributed by atoms with E-state index >= 15 is 0 Å². The first-order valence-corrected chi connectivity index (χ1v) is 12.0. The quantitative estimate of drug-likeness (QED) is 0.464. The van der Waals surface area contributed by atoms with Crippen LogP contribution < -0.4 is 15.5 Å². The summed E-state index contributed by atoms with van der Waals surface area (Å²) in [5, 5.41) is 35.3. The van der Waals surface area contributed by atoms with Crippen LogP contribution in [-0.4, -0.2) is 51.7 Å². The van der Waals surface area contributed by atoms with Crippen molar-refractivity contribution in [3.63, 3.8) is 0 Å². The highest BCUT2D eigenvalue weighted by atomic mass is 16.3. The van der Waals surface area contributed by atoms with E-state index in [1.165, 1.54) is 11.1 Å². The average molecular weight is 477 g/mol. The van der Waals surface area contributed by atoms with Crippen LogP contribution >= 0.6 is 0 Å². The standard InChI is InChI=1S/C25H28N6O4/c26-9-18-10-27-22(8-20(18)28-23-15-4-3-14(6-15)19(23)12-33)30-25(35)31-5-1-2-16-7-17(11-32)21(13-34)29-24(16)31/h7-8,10,13-15,19,23,32-33H,1-6,11-12H2,(H2,27,28,30,35)/t14-,15+,19-,23-/m1/s1. The molecule has 2 saturated carbocycles. The molecule has 5 rings (SSSR count). The number of nitriles is 1. The third kappa shape index (κ3) is 4.22. The molecule has 2 bridgehead atoms. The molecule has 0 saturated heterocycles. The van der Waals surface area contributed by atoms with E-state index in [0.29, 0.717) is 60.1 Å². The lowest BCUT2D eigenvalue weighted by molar-refractivity contribution is 0.111. The molecule has 2 amide bonds. The number of carbonyl (C=O) groups excluding carboxylic acids is 2. The Kier molecular flexibility index (Phi) is 6.36. The van der Waals surface area contributed by atoms with Gasteiger partial charge in [-0.3, -0.25) is 15.0 Å². The number of hydrogen-bond donors (Lipinski definition) is 4. The SMILES string of the molecule is N#Cc1cnc(NC(=O)N2CCCc3cc(CO)c(C=O)nc32)cc1N[C@@H]1[C@H]2CC[C@H](C2)[C@H]1CO. The molecule has 3 aliphatic rings. The molecule has 3 heterocycles. The lowest BCUT2D eigenvalue weighted by Gasteiger charge is -2.31. The van der Waals surface area contributed by atoms with E-state index in [1.54, 1.807) is 12.1 Å². The molecule has 10 nitrogen and oxygen atoms in total. The second-order valence-corrected chi connectivity index (χ2v) is 9.55. The van der Waals surface area contributed by atoms with Gasteiger partial charge in [0.15, 0.2) is 6.29 Å². The summed E-state index contributed by atoms with van der Waals surface area (Å²) < 4.78 is 0. The Hall–Kier alpha value is -3.55. The summed E-state index contributed by atoms with van der Waals surface area (Å²) in [5.41, 5.74) is 2.30. The van der Waals surface area contributed by atoms with E-state index in [2.05, 4.69) is 26.7 Å². The van der Waals surface area contributed by atoms with Crippen LogP contribution in [0.15, 0.2) is 18.3 Å². The van der Waals surface area contributed by atoms with Gasteiger partial charge in [0.25, 0.3) is 0 Å². The van der Waals surface area contributed by atoms with Crippen LogP contribution in [0.2, 0.25) is 0 Å². The maximum absolute atomic E-state index is 13.2. The summed E-state index contributed by atoms with van der Waals surface area (Å²) in [6.07, 6.45) is 6.74. The number of aliphatic hydroxyl groups is 2. The topological polar surface area (TPSA) is 151 Å². The van der Waals surface area contributed by atoms with Crippen LogP contribution in [0.5, 0.6) is 0 Å². The third-order valence-corrected chi connectivity index (χ3v) is 7.68. The summed E-state index contributed by atoms with van der Waals surface area (Å²) >= 11 is 0. The van der Waals surface area contributed by atoms with E-state index in [1.807, 2.05) is 0 Å². The normalized spacial score (nSPS) is 24.5. The first kappa shape index (κ1) is 23.2. The van der Waals surface area contributed by atoms with Crippen LogP contribution in [0, 0.1) is 29.1 Å². The van der Waals surface area contributed by atoms with Crippen molar-refractivity contribution < 1.29 is 19.8 Å². The van der Waals surface area contributed by atoms with Crippen LogP contribution in [-0.2, 0) is 13.0 Å². The highest BCUT2D eigenvalue weighted by Crippen LogP contribution is 2.49. The van der Waals surface area contributed by atoms with Gasteiger partial charge in [0, 0.05) is 42.9 Å². The van der Waals surface area contributed by atoms with Crippen molar-refractivity contribution in [2.75, 3.05) is 28.7 Å². The number of aromatic nitrogens is 2. The number of carbonyl (C=O) groups is 2. The molecule has 0 spiro atoms. The number of nitrogens with one attached hydrogen (secondary N) is 2. The fraction of sp³-hybridized carbons (Fsp3) is 0.480. The highest BCUT2D eigenvalue weighted by molar-refractivity contribution is 6.01. The predicted octanol–water partition coefficient (Wildman–Crippen LogP) is 2.46. The molecule has 2 aliphatic carbocycles. The number of anilines is 3. The minimum Gasteiger partial charge on any atom is -0.396 e. The Morgan fingerprint density at radius 2 is 2.11 bits per heavy atom. The molecule has 4 N–H and O–H groups in total. The second kappa shape index (κ2) is 9.60. The van der Waals surface area contributed by atoms with Crippen LogP contribution in [0.1, 0.15) is 52.9 Å². The highest BCUT2D eigenvalue weighted by Gasteiger charge is 2.47. The monoisotopic (exact) mass is 476 g/mol. The number of aliphatic hydroxyl groups excluding tert-OH is 2. The van der Waals surface area contributed by atoms with Crippen molar-refractivity contribution >= 4 is 29.6 Å². The third-order valence-electron chi connectivity index (χ3n) is 7.68. The molecule has 182 valence electrons. The van der Waals surface area contributed by atoms with Crippen molar-refractivity contribution in [2.45, 2.75) is 44.8 Å². The van der Waals surface area contributed by atoms with Crippen LogP contribution in [0.3, 0.4) is 0 Å². The van der Waals surface area contributed by atoms with E-state index in [-0.39, 0.29) is 36.7 Å². The van der Waals surface area contributed by atoms with Crippen LogP contribution in [0.25, 0.3) is 0 Å². The fourth-order valence-corrected chi connectivity index (χ4v) is 5.97. The molecule has 1 aliphatic heterocycles. The van der Waals surface area contributed by atoms with Crippen molar-refractivity contribution in [2.24, 2.45) is 17.8 Å². The number of amides is 2. The van der Waals surface area contributed by atoms with E-state index in [0.717, 1.165) is 24.8 Å². The number of aryl methyl sites for hydroxylation is 1. The largest absolute Gasteiger partial charge is 0.396 e. The summed E-state index contributed by atoms with van der Waals surface area (Å²) in [4.78, 5) is 34.6. The zero-order valence-electron chi connectivity index (χ0n) is 19.3. The minimum absolute atomic E-state index is 0.0810. The van der Waals surface area contributed by atoms with Gasteiger partial charge in [-0.05, 0) is 55.6 Å². The number of fused-ring (bicyclic) bond motifs is 3. The molecule has 0 aromatic carbocycles. The maximum Gasteiger partial charge on any atom is 0.328 e. The summed E-state index contributed by atoms with van der Waals surface area (Å²) in [6.45, 7) is 0.232. The van der Waals surface area contributed by atoms with Gasteiger partial charge in [-0.1, -0.05) is 0 Å². The molecule has 0 unspecified atom stereocenters. The summed E-state index contributed by atoms with van der Waals surface area (Å²) in [5.74, 6) is 1.80. The number of nitrogens with zero attached hydrogens (tertiary/aromatic N) is 4. The van der Waals surface area contributed by atoms with Gasteiger partial charge >= 0.3 is 6.03 Å². The molecule has 35 heavy (non-hydrogen) atoms. The number of aldehydes is 1. The van der Waals surface area contributed by atoms with Gasteiger partial charge in [-0.25, -0.2) is 14.8 Å². The van der Waals surface area contributed by atoms with Crippen molar-refractivity contribution in [1.29, 1.82) is 5.26 Å². The Morgan fingerprint density at radius 3 is 2.86 bits per heavy atom. The average Bonchev–Trinajstić information content (AvgIpc) is 3.49. The van der Waals surface area contributed by atoms with Crippen molar-refractivity contribution in [3.05, 3.63) is 40.7 Å². The first-order valence-electron chi connectivity index (χ1n) is 12.0. The maximum atomic E-state index is 13.2. The van der Waals surface area contributed by atoms with Gasteiger partial charge in [0.2, 0.25) is 0 Å². The van der Waals surface area contributed by atoms with Crippen LogP contribution in [0.4, 0.5) is 22.1 Å². The second-order valence-electron chi connectivity index (χ2n) is 9.55. The van der Waals surface area contributed by atoms with Gasteiger partial charge in [-0.15, -0.1) is 0 Å². The smallest absolute Gasteiger partial charge is 0.328 e. The first-order chi connectivity index (χ1) is 17.1. The molecule has 0 radical (unpaired) electrons. The Bertz CT molecular complexity index is 1200. The number of hydrogen-bond acceptors (Lipinski definition) is 8. The Morgan fingerprint density at radius 1 is 1.29 bits per heavy atom. The Labute approximate surface area is 203 Å². The van der Waals surface area contributed by atoms with Gasteiger partial charge < -0.3 is 15.5 Å². The summed E-state index contributed by atoms with van der Waals surface area (Å²) in [6, 6.07) is 5.17. The zero-order chi connectivity index (χ0) is 24.5. The molecular formula is C25H28N6O4. The zero-order valence-corrected chi connectivity index (χ0v) is 19.3. The van der Waals surface area contributed by atoms with E-state index < -0.39 is 6.03 Å². The predicted molar refractivity (Wildman–Crippen MR) is 128 cm³/mol. The van der Waals surface area contributed by atoms with Crippen molar-refractivity contribution in [3.8, 4) is 6.07 Å². The Balaban J connectivity index is 1.37. The number of rotatable bonds is 6. The van der Waals surface area contributed by atoms with Gasteiger partial charge in [0.05, 0.1) is 17.9 Å². The lowest BCUT2D eigenvalue weighted by atomic mass is 9.85. The van der Waals surface area contributed by atoms with Crippen molar-refractivity contribution in [1.82, 2.24) is 9.97 Å². The molecule has 10 heteroatoms. The molecule has 2 fully saturated rings. The van der Waals surface area contributed by atoms with E-state index in [4.69, 9.17) is 0 Å². The lowest BCUT2D eigenvalue weighted by Crippen LogP contribution is -2.40. The number of urea groups is 1. The molecule has 2 aromatic heterocycles. The summed E-state index contributed by atoms with van der Waals surface area (Å²) in [7, 11) is 0. The minimum atomic E-state index is -0.441. The number of pyridine rings is 2. The van der Waals surface area contributed by atoms with Gasteiger partial charge in [-0.2, -0.15) is 5.26 Å². The van der Waals surface area contributed by atoms with Gasteiger partial charge in [0.1, 0.15) is 23.4 Å². The fourth-order valence-electron chi connectivity index (χ4n) is 5.97. The van der Waals surface area contributed by atoms with E-state index in [9.17, 15) is 25.1 Å². The molecule has 4 atom stereocenters. The molecular weight excluding hydrogens is 448 g/mol. The molecule has 2 aromatic rings.